The summed E-state index contributed by atoms with van der Waals surface area (Å²) < 4.78 is 0. The van der Waals surface area contributed by atoms with Crippen LogP contribution in [-0.4, -0.2) is 0 Å². The molecule has 0 aliphatic carbocycles. The number of aryl methyl sites for hydroxylation is 1. The van der Waals surface area contributed by atoms with Crippen LogP contribution in [0.3, 0.4) is 0 Å². The van der Waals surface area contributed by atoms with Gasteiger partial charge in [-0.05, 0) is 29.9 Å². The molecule has 0 heteroatoms. The minimum absolute atomic E-state index is 0.593. The van der Waals surface area contributed by atoms with Gasteiger partial charge in [0.15, 0.2) is 0 Å². The van der Waals surface area contributed by atoms with Crippen LogP contribution in [0.25, 0.3) is 5.57 Å². The summed E-state index contributed by atoms with van der Waals surface area (Å²) in [6.07, 6.45) is 2.37. The van der Waals surface area contributed by atoms with Crippen LogP contribution < -0.4 is 0 Å². The first-order valence-corrected chi connectivity index (χ1v) is 5.79. The molecule has 82 valence electrons. The van der Waals surface area contributed by atoms with Crippen molar-refractivity contribution in [3.63, 3.8) is 0 Å². The van der Waals surface area contributed by atoms with E-state index in [0.717, 1.165) is 0 Å². The SMILES string of the molecule is Cc1ccc(C(=CC(C)C)C(C)C)cc1. The minimum atomic E-state index is 0.593. The normalized spacial score (nSPS) is 12.6. The largest absolute Gasteiger partial charge is 0.0779 e. The van der Waals surface area contributed by atoms with Crippen molar-refractivity contribution in [2.75, 3.05) is 0 Å². The third-order valence-electron chi connectivity index (χ3n) is 2.52. The number of hydrogen-bond acceptors (Lipinski definition) is 0. The molecule has 0 bridgehead atoms. The van der Waals surface area contributed by atoms with Gasteiger partial charge in [0, 0.05) is 0 Å². The molecule has 15 heavy (non-hydrogen) atoms. The van der Waals surface area contributed by atoms with E-state index in [1.54, 1.807) is 0 Å². The number of rotatable bonds is 3. The summed E-state index contributed by atoms with van der Waals surface area (Å²) in [5.74, 6) is 1.21. The molecule has 0 amide bonds. The van der Waals surface area contributed by atoms with E-state index in [9.17, 15) is 0 Å². The fourth-order valence-electron chi connectivity index (χ4n) is 1.73. The highest BCUT2D eigenvalue weighted by Gasteiger charge is 2.06. The predicted octanol–water partition coefficient (Wildman–Crippen LogP) is 4.69. The summed E-state index contributed by atoms with van der Waals surface area (Å²) in [6, 6.07) is 8.82. The summed E-state index contributed by atoms with van der Waals surface area (Å²) in [5, 5.41) is 0. The standard InChI is InChI=1S/C15H22/c1-11(2)10-15(12(3)4)14-8-6-13(5)7-9-14/h6-12H,1-5H3. The van der Waals surface area contributed by atoms with Gasteiger partial charge in [0.25, 0.3) is 0 Å². The van der Waals surface area contributed by atoms with Gasteiger partial charge in [0.2, 0.25) is 0 Å². The molecular formula is C15H22. The first kappa shape index (κ1) is 12.0. The second-order valence-electron chi connectivity index (χ2n) is 4.89. The first-order chi connectivity index (χ1) is 7.00. The van der Waals surface area contributed by atoms with Gasteiger partial charge in [-0.3, -0.25) is 0 Å². The predicted molar refractivity (Wildman–Crippen MR) is 68.8 cm³/mol. The molecule has 0 aromatic heterocycles. The van der Waals surface area contributed by atoms with Crippen LogP contribution in [0.5, 0.6) is 0 Å². The van der Waals surface area contributed by atoms with Gasteiger partial charge >= 0.3 is 0 Å². The monoisotopic (exact) mass is 202 g/mol. The fraction of sp³-hybridized carbons (Fsp3) is 0.467. The molecule has 0 saturated carbocycles. The molecule has 1 aromatic rings. The quantitative estimate of drug-likeness (QED) is 0.667. The van der Waals surface area contributed by atoms with Gasteiger partial charge in [-0.1, -0.05) is 63.6 Å². The van der Waals surface area contributed by atoms with E-state index in [4.69, 9.17) is 0 Å². The smallest absolute Gasteiger partial charge is 0.0216 e. The van der Waals surface area contributed by atoms with Gasteiger partial charge in [-0.25, -0.2) is 0 Å². The number of hydrogen-bond donors (Lipinski definition) is 0. The minimum Gasteiger partial charge on any atom is -0.0779 e. The molecule has 0 saturated heterocycles. The highest BCUT2D eigenvalue weighted by molar-refractivity contribution is 5.67. The Kier molecular flexibility index (Phi) is 4.14. The van der Waals surface area contributed by atoms with Gasteiger partial charge in [-0.15, -0.1) is 0 Å². The highest BCUT2D eigenvalue weighted by atomic mass is 14.1. The fourth-order valence-corrected chi connectivity index (χ4v) is 1.73. The van der Waals surface area contributed by atoms with E-state index in [-0.39, 0.29) is 0 Å². The zero-order valence-corrected chi connectivity index (χ0v) is 10.5. The lowest BCUT2D eigenvalue weighted by molar-refractivity contribution is 0.797. The maximum Gasteiger partial charge on any atom is -0.0216 e. The van der Waals surface area contributed by atoms with Crippen molar-refractivity contribution in [2.45, 2.75) is 34.6 Å². The molecule has 0 radical (unpaired) electrons. The Bertz CT molecular complexity index is 326. The molecule has 0 spiro atoms. The lowest BCUT2D eigenvalue weighted by Gasteiger charge is -2.13. The molecule has 0 heterocycles. The average Bonchev–Trinajstić information content (AvgIpc) is 2.15. The molecule has 0 unspecified atom stereocenters. The Labute approximate surface area is 94.0 Å². The van der Waals surface area contributed by atoms with Gasteiger partial charge in [0.1, 0.15) is 0 Å². The Morgan fingerprint density at radius 2 is 1.53 bits per heavy atom. The Morgan fingerprint density at radius 3 is 1.93 bits per heavy atom. The Morgan fingerprint density at radius 1 is 1.00 bits per heavy atom. The van der Waals surface area contributed by atoms with Crippen molar-refractivity contribution in [3.8, 4) is 0 Å². The van der Waals surface area contributed by atoms with Crippen LogP contribution in [0.15, 0.2) is 30.3 Å². The molecule has 0 aliphatic heterocycles. The maximum absolute atomic E-state index is 2.37. The zero-order valence-electron chi connectivity index (χ0n) is 10.5. The lowest BCUT2D eigenvalue weighted by atomic mass is 9.92. The first-order valence-electron chi connectivity index (χ1n) is 5.79. The highest BCUT2D eigenvalue weighted by Crippen LogP contribution is 2.24. The van der Waals surface area contributed by atoms with Crippen molar-refractivity contribution in [1.29, 1.82) is 0 Å². The molecule has 0 nitrogen and oxygen atoms in total. The van der Waals surface area contributed by atoms with Crippen LogP contribution in [0.2, 0.25) is 0 Å². The molecule has 0 atom stereocenters. The van der Waals surface area contributed by atoms with Gasteiger partial charge < -0.3 is 0 Å². The molecular weight excluding hydrogens is 180 g/mol. The van der Waals surface area contributed by atoms with Crippen molar-refractivity contribution < 1.29 is 0 Å². The van der Waals surface area contributed by atoms with Gasteiger partial charge in [0.05, 0.1) is 0 Å². The number of allylic oxidation sites excluding steroid dienone is 2. The van der Waals surface area contributed by atoms with E-state index in [0.29, 0.717) is 11.8 Å². The summed E-state index contributed by atoms with van der Waals surface area (Å²) in [5.41, 5.74) is 4.15. The molecule has 1 rings (SSSR count). The summed E-state index contributed by atoms with van der Waals surface area (Å²) in [7, 11) is 0. The van der Waals surface area contributed by atoms with Crippen LogP contribution in [0.1, 0.15) is 38.8 Å². The molecule has 0 fully saturated rings. The van der Waals surface area contributed by atoms with Crippen LogP contribution in [-0.2, 0) is 0 Å². The van der Waals surface area contributed by atoms with Crippen molar-refractivity contribution >= 4 is 5.57 Å². The molecule has 0 aliphatic rings. The maximum atomic E-state index is 2.37. The van der Waals surface area contributed by atoms with Gasteiger partial charge in [-0.2, -0.15) is 0 Å². The summed E-state index contributed by atoms with van der Waals surface area (Å²) >= 11 is 0. The molecule has 0 N–H and O–H groups in total. The Balaban J connectivity index is 3.05. The third-order valence-corrected chi connectivity index (χ3v) is 2.52. The second-order valence-corrected chi connectivity index (χ2v) is 4.89. The van der Waals surface area contributed by atoms with E-state index in [1.807, 2.05) is 0 Å². The third kappa shape index (κ3) is 3.54. The van der Waals surface area contributed by atoms with E-state index < -0.39 is 0 Å². The Hall–Kier alpha value is -1.04. The van der Waals surface area contributed by atoms with Crippen molar-refractivity contribution in [3.05, 3.63) is 41.5 Å². The van der Waals surface area contributed by atoms with Crippen molar-refractivity contribution in [2.24, 2.45) is 11.8 Å². The van der Waals surface area contributed by atoms with E-state index >= 15 is 0 Å². The topological polar surface area (TPSA) is 0 Å². The van der Waals surface area contributed by atoms with Crippen LogP contribution >= 0.6 is 0 Å². The van der Waals surface area contributed by atoms with Crippen LogP contribution in [0.4, 0.5) is 0 Å². The van der Waals surface area contributed by atoms with Crippen LogP contribution in [0, 0.1) is 18.8 Å². The summed E-state index contributed by atoms with van der Waals surface area (Å²) in [4.78, 5) is 0. The number of benzene rings is 1. The van der Waals surface area contributed by atoms with Crippen molar-refractivity contribution in [1.82, 2.24) is 0 Å². The lowest BCUT2D eigenvalue weighted by Crippen LogP contribution is -1.96. The average molecular weight is 202 g/mol. The van der Waals surface area contributed by atoms with E-state index in [2.05, 4.69) is 65.0 Å². The second kappa shape index (κ2) is 5.16. The zero-order chi connectivity index (χ0) is 11.4. The van der Waals surface area contributed by atoms with E-state index in [1.165, 1.54) is 16.7 Å². The summed E-state index contributed by atoms with van der Waals surface area (Å²) in [6.45, 7) is 11.1. The molecule has 1 aromatic carbocycles.